The van der Waals surface area contributed by atoms with E-state index in [1.807, 2.05) is 11.3 Å². The van der Waals surface area contributed by atoms with Crippen LogP contribution in [0.25, 0.3) is 11.0 Å². The Bertz CT molecular complexity index is 742. The molecule has 0 fully saturated rings. The van der Waals surface area contributed by atoms with Crippen molar-refractivity contribution in [2.24, 2.45) is 0 Å². The summed E-state index contributed by atoms with van der Waals surface area (Å²) in [5.41, 5.74) is 3.51. The van der Waals surface area contributed by atoms with Gasteiger partial charge in [0.05, 0.1) is 17.6 Å². The molecule has 0 radical (unpaired) electrons. The number of hydrogen-bond acceptors (Lipinski definition) is 2. The van der Waals surface area contributed by atoms with Crippen LogP contribution in [0.2, 0.25) is 0 Å². The second-order valence-corrected chi connectivity index (χ2v) is 6.81. The SMILES string of the molecule is Cc1ccc2c(c1)nc(CCCl)n2Cc1ccc(C)s1. The molecule has 0 saturated heterocycles. The predicted molar refractivity (Wildman–Crippen MR) is 87.1 cm³/mol. The third-order valence-electron chi connectivity index (χ3n) is 3.41. The van der Waals surface area contributed by atoms with Crippen molar-refractivity contribution in [1.82, 2.24) is 9.55 Å². The summed E-state index contributed by atoms with van der Waals surface area (Å²) in [5, 5.41) is 0. The topological polar surface area (TPSA) is 17.8 Å². The Morgan fingerprint density at radius 3 is 2.75 bits per heavy atom. The van der Waals surface area contributed by atoms with E-state index in [-0.39, 0.29) is 0 Å². The number of hydrogen-bond donors (Lipinski definition) is 0. The fraction of sp³-hybridized carbons (Fsp3) is 0.312. The van der Waals surface area contributed by atoms with Gasteiger partial charge in [-0.2, -0.15) is 0 Å². The fourth-order valence-corrected chi connectivity index (χ4v) is 3.52. The molecule has 0 aliphatic carbocycles. The highest BCUT2D eigenvalue weighted by Gasteiger charge is 2.11. The molecule has 2 nitrogen and oxygen atoms in total. The van der Waals surface area contributed by atoms with Crippen LogP contribution < -0.4 is 0 Å². The van der Waals surface area contributed by atoms with Crippen LogP contribution in [-0.4, -0.2) is 15.4 Å². The molecule has 0 N–H and O–H groups in total. The van der Waals surface area contributed by atoms with Gasteiger partial charge in [0.15, 0.2) is 0 Å². The number of aromatic nitrogens is 2. The molecule has 20 heavy (non-hydrogen) atoms. The molecule has 4 heteroatoms. The van der Waals surface area contributed by atoms with Crippen LogP contribution in [0.5, 0.6) is 0 Å². The molecule has 0 unspecified atom stereocenters. The summed E-state index contributed by atoms with van der Waals surface area (Å²) in [6, 6.07) is 10.8. The van der Waals surface area contributed by atoms with Crippen molar-refractivity contribution in [2.45, 2.75) is 26.8 Å². The molecule has 3 rings (SSSR count). The molecule has 104 valence electrons. The van der Waals surface area contributed by atoms with Crippen molar-refractivity contribution in [2.75, 3.05) is 5.88 Å². The van der Waals surface area contributed by atoms with Crippen molar-refractivity contribution >= 4 is 34.0 Å². The lowest BCUT2D eigenvalue weighted by Gasteiger charge is -2.07. The highest BCUT2D eigenvalue weighted by Crippen LogP contribution is 2.23. The summed E-state index contributed by atoms with van der Waals surface area (Å²) >= 11 is 7.77. The van der Waals surface area contributed by atoms with Gasteiger partial charge in [0, 0.05) is 22.1 Å². The minimum atomic E-state index is 0.603. The zero-order chi connectivity index (χ0) is 14.1. The van der Waals surface area contributed by atoms with E-state index in [1.54, 1.807) is 0 Å². The van der Waals surface area contributed by atoms with Crippen LogP contribution in [0.1, 0.15) is 21.1 Å². The quantitative estimate of drug-likeness (QED) is 0.647. The second-order valence-electron chi connectivity index (χ2n) is 5.06. The van der Waals surface area contributed by atoms with Crippen LogP contribution in [0.4, 0.5) is 0 Å². The molecule has 0 aliphatic heterocycles. The molecule has 0 aliphatic rings. The third kappa shape index (κ3) is 2.60. The highest BCUT2D eigenvalue weighted by molar-refractivity contribution is 7.11. The van der Waals surface area contributed by atoms with Crippen molar-refractivity contribution in [1.29, 1.82) is 0 Å². The summed E-state index contributed by atoms with van der Waals surface area (Å²) in [5.74, 6) is 1.68. The number of imidazole rings is 1. The number of rotatable bonds is 4. The maximum Gasteiger partial charge on any atom is 0.111 e. The molecule has 0 saturated carbocycles. The summed E-state index contributed by atoms with van der Waals surface area (Å²) in [6.07, 6.45) is 0.805. The zero-order valence-electron chi connectivity index (χ0n) is 11.7. The minimum Gasteiger partial charge on any atom is -0.323 e. The van der Waals surface area contributed by atoms with Gasteiger partial charge < -0.3 is 4.57 Å². The first-order valence-electron chi connectivity index (χ1n) is 6.74. The number of alkyl halides is 1. The molecule has 2 heterocycles. The van der Waals surface area contributed by atoms with E-state index in [2.05, 4.69) is 48.7 Å². The Kier molecular flexibility index (Phi) is 3.81. The number of fused-ring (bicyclic) bond motifs is 1. The van der Waals surface area contributed by atoms with E-state index in [0.29, 0.717) is 5.88 Å². The molecule has 3 aromatic rings. The van der Waals surface area contributed by atoms with Crippen molar-refractivity contribution in [3.63, 3.8) is 0 Å². The summed E-state index contributed by atoms with van der Waals surface area (Å²) in [7, 11) is 0. The van der Waals surface area contributed by atoms with Crippen LogP contribution in [0.3, 0.4) is 0 Å². The number of halogens is 1. The number of thiophene rings is 1. The maximum atomic E-state index is 5.92. The van der Waals surface area contributed by atoms with Crippen LogP contribution >= 0.6 is 22.9 Å². The molecule has 0 bridgehead atoms. The monoisotopic (exact) mass is 304 g/mol. The maximum absolute atomic E-state index is 5.92. The smallest absolute Gasteiger partial charge is 0.111 e. The van der Waals surface area contributed by atoms with Crippen LogP contribution in [0, 0.1) is 13.8 Å². The summed E-state index contributed by atoms with van der Waals surface area (Å²) in [6.45, 7) is 5.12. The van der Waals surface area contributed by atoms with Gasteiger partial charge in [0.2, 0.25) is 0 Å². The molecular weight excluding hydrogens is 288 g/mol. The first-order valence-corrected chi connectivity index (χ1v) is 8.09. The van der Waals surface area contributed by atoms with E-state index < -0.39 is 0 Å². The minimum absolute atomic E-state index is 0.603. The van der Waals surface area contributed by atoms with Crippen molar-refractivity contribution in [3.8, 4) is 0 Å². The van der Waals surface area contributed by atoms with E-state index >= 15 is 0 Å². The van der Waals surface area contributed by atoms with Crippen molar-refractivity contribution < 1.29 is 0 Å². The Labute approximate surface area is 128 Å². The third-order valence-corrected chi connectivity index (χ3v) is 4.59. The van der Waals surface area contributed by atoms with E-state index in [9.17, 15) is 0 Å². The van der Waals surface area contributed by atoms with Gasteiger partial charge in [-0.05, 0) is 43.7 Å². The van der Waals surface area contributed by atoms with Crippen LogP contribution in [0.15, 0.2) is 30.3 Å². The van der Waals surface area contributed by atoms with Crippen LogP contribution in [-0.2, 0) is 13.0 Å². The fourth-order valence-electron chi connectivity index (χ4n) is 2.47. The lowest BCUT2D eigenvalue weighted by molar-refractivity contribution is 0.763. The number of benzene rings is 1. The van der Waals surface area contributed by atoms with Gasteiger partial charge in [-0.15, -0.1) is 22.9 Å². The largest absolute Gasteiger partial charge is 0.323 e. The van der Waals surface area contributed by atoms with Gasteiger partial charge in [-0.3, -0.25) is 0 Å². The average molecular weight is 305 g/mol. The Balaban J connectivity index is 2.08. The molecule has 1 aromatic carbocycles. The van der Waals surface area contributed by atoms with E-state index in [1.165, 1.54) is 20.8 Å². The Morgan fingerprint density at radius 2 is 2.05 bits per heavy atom. The van der Waals surface area contributed by atoms with Gasteiger partial charge in [-0.25, -0.2) is 4.98 Å². The Hall–Kier alpha value is -1.32. The van der Waals surface area contributed by atoms with Gasteiger partial charge in [0.25, 0.3) is 0 Å². The molecule has 0 spiro atoms. The lowest BCUT2D eigenvalue weighted by Crippen LogP contribution is -2.04. The number of nitrogens with zero attached hydrogens (tertiary/aromatic N) is 2. The predicted octanol–water partition coefficient (Wildman–Crippen LogP) is 4.54. The standard InChI is InChI=1S/C16H17ClN2S/c1-11-3-6-15-14(9-11)18-16(7-8-17)19(15)10-13-5-4-12(2)20-13/h3-6,9H,7-8,10H2,1-2H3. The van der Waals surface area contributed by atoms with Crippen molar-refractivity contribution in [3.05, 3.63) is 51.5 Å². The highest BCUT2D eigenvalue weighted by atomic mass is 35.5. The number of aryl methyl sites for hydroxylation is 3. The normalized spacial score (nSPS) is 11.3. The first kappa shape index (κ1) is 13.7. The summed E-state index contributed by atoms with van der Waals surface area (Å²) in [4.78, 5) is 7.46. The van der Waals surface area contributed by atoms with Gasteiger partial charge in [-0.1, -0.05) is 6.07 Å². The molecule has 0 atom stereocenters. The van der Waals surface area contributed by atoms with E-state index in [4.69, 9.17) is 16.6 Å². The first-order chi connectivity index (χ1) is 9.67. The molecule has 0 amide bonds. The summed E-state index contributed by atoms with van der Waals surface area (Å²) < 4.78 is 2.29. The molecule has 2 aromatic heterocycles. The Morgan fingerprint density at radius 1 is 1.20 bits per heavy atom. The lowest BCUT2D eigenvalue weighted by atomic mass is 10.2. The zero-order valence-corrected chi connectivity index (χ0v) is 13.3. The van der Waals surface area contributed by atoms with E-state index in [0.717, 1.165) is 24.3 Å². The average Bonchev–Trinajstić information content (AvgIpc) is 2.95. The van der Waals surface area contributed by atoms with Gasteiger partial charge >= 0.3 is 0 Å². The van der Waals surface area contributed by atoms with Gasteiger partial charge in [0.1, 0.15) is 5.82 Å². The molecular formula is C16H17ClN2S. The second kappa shape index (κ2) is 5.58.